The van der Waals surface area contributed by atoms with E-state index in [0.717, 1.165) is 26.1 Å². The van der Waals surface area contributed by atoms with Gasteiger partial charge in [0.25, 0.3) is 0 Å². The van der Waals surface area contributed by atoms with Crippen molar-refractivity contribution < 1.29 is 0 Å². The van der Waals surface area contributed by atoms with E-state index in [4.69, 9.17) is 23.2 Å². The van der Waals surface area contributed by atoms with E-state index in [1.807, 2.05) is 12.3 Å². The predicted octanol–water partition coefficient (Wildman–Crippen LogP) is 3.38. The third-order valence-electron chi connectivity index (χ3n) is 2.68. The monoisotopic (exact) mass is 310 g/mol. The zero-order valence-corrected chi connectivity index (χ0v) is 12.5. The second-order valence-corrected chi connectivity index (χ2v) is 5.15. The van der Waals surface area contributed by atoms with Crippen molar-refractivity contribution >= 4 is 29.0 Å². The van der Waals surface area contributed by atoms with Crippen LogP contribution in [0.2, 0.25) is 10.0 Å². The number of hydrogen-bond donors (Lipinski definition) is 2. The highest BCUT2D eigenvalue weighted by Gasteiger charge is 2.01. The molecule has 0 aliphatic heterocycles. The summed E-state index contributed by atoms with van der Waals surface area (Å²) in [7, 11) is 0. The highest BCUT2D eigenvalue weighted by Crippen LogP contribution is 2.22. The molecule has 2 aromatic rings. The van der Waals surface area contributed by atoms with Crippen molar-refractivity contribution in [3.63, 3.8) is 0 Å². The molecule has 0 aliphatic rings. The zero-order chi connectivity index (χ0) is 14.2. The lowest BCUT2D eigenvalue weighted by Crippen LogP contribution is -2.18. The first-order valence-electron chi connectivity index (χ1n) is 6.40. The molecule has 0 amide bonds. The Balaban J connectivity index is 1.62. The van der Waals surface area contributed by atoms with Gasteiger partial charge >= 0.3 is 0 Å². The molecule has 6 heteroatoms. The summed E-state index contributed by atoms with van der Waals surface area (Å²) in [4.78, 5) is 8.21. The first kappa shape index (κ1) is 15.0. The van der Waals surface area contributed by atoms with E-state index in [1.54, 1.807) is 18.5 Å². The molecule has 0 bridgehead atoms. The third kappa shape index (κ3) is 4.96. The number of aromatic nitrogens is 2. The summed E-state index contributed by atoms with van der Waals surface area (Å²) < 4.78 is 0. The number of rotatable bonds is 7. The second-order valence-electron chi connectivity index (χ2n) is 4.30. The molecule has 106 valence electrons. The highest BCUT2D eigenvalue weighted by atomic mass is 35.5. The summed E-state index contributed by atoms with van der Waals surface area (Å²) in [6.07, 6.45) is 6.19. The van der Waals surface area contributed by atoms with Gasteiger partial charge < -0.3 is 10.6 Å². The predicted molar refractivity (Wildman–Crippen MR) is 83.3 cm³/mol. The van der Waals surface area contributed by atoms with Gasteiger partial charge in [0.1, 0.15) is 5.82 Å². The van der Waals surface area contributed by atoms with E-state index >= 15 is 0 Å². The largest absolute Gasteiger partial charge is 0.369 e. The Bertz CT molecular complexity index is 534. The zero-order valence-electron chi connectivity index (χ0n) is 10.9. The molecule has 20 heavy (non-hydrogen) atoms. The van der Waals surface area contributed by atoms with Crippen LogP contribution in [0.4, 0.5) is 5.82 Å². The van der Waals surface area contributed by atoms with Crippen LogP contribution < -0.4 is 10.6 Å². The lowest BCUT2D eigenvalue weighted by atomic mass is 10.3. The van der Waals surface area contributed by atoms with E-state index in [9.17, 15) is 0 Å². The van der Waals surface area contributed by atoms with E-state index in [1.165, 1.54) is 5.56 Å². The fourth-order valence-corrected chi connectivity index (χ4v) is 2.15. The van der Waals surface area contributed by atoms with Crippen molar-refractivity contribution in [1.82, 2.24) is 15.3 Å². The van der Waals surface area contributed by atoms with E-state index < -0.39 is 0 Å². The Morgan fingerprint density at radius 1 is 1.15 bits per heavy atom. The van der Waals surface area contributed by atoms with E-state index in [0.29, 0.717) is 15.9 Å². The van der Waals surface area contributed by atoms with Gasteiger partial charge in [-0.1, -0.05) is 29.3 Å². The molecule has 0 spiro atoms. The third-order valence-corrected chi connectivity index (χ3v) is 3.18. The average molecular weight is 311 g/mol. The van der Waals surface area contributed by atoms with Crippen LogP contribution in [-0.4, -0.2) is 23.1 Å². The SMILES string of the molecule is Clc1cnc(NCCCNCc2cccnc2)c(Cl)c1. The molecule has 0 radical (unpaired) electrons. The standard InChI is InChI=1S/C14H16Cl2N4/c15-12-7-13(16)14(20-10-12)19-6-2-5-18-9-11-3-1-4-17-8-11/h1,3-4,7-8,10,18H,2,5-6,9H2,(H,19,20). The van der Waals surface area contributed by atoms with Crippen LogP contribution in [0.3, 0.4) is 0 Å². The van der Waals surface area contributed by atoms with Crippen LogP contribution in [-0.2, 0) is 6.54 Å². The van der Waals surface area contributed by atoms with Gasteiger partial charge in [-0.3, -0.25) is 4.98 Å². The Morgan fingerprint density at radius 2 is 2.05 bits per heavy atom. The number of nitrogens with zero attached hydrogens (tertiary/aromatic N) is 2. The van der Waals surface area contributed by atoms with Crippen molar-refractivity contribution in [2.24, 2.45) is 0 Å². The van der Waals surface area contributed by atoms with E-state index in [-0.39, 0.29) is 0 Å². The van der Waals surface area contributed by atoms with Gasteiger partial charge in [-0.25, -0.2) is 4.98 Å². The maximum Gasteiger partial charge on any atom is 0.144 e. The van der Waals surface area contributed by atoms with Crippen molar-refractivity contribution in [3.8, 4) is 0 Å². The van der Waals surface area contributed by atoms with Crippen molar-refractivity contribution in [1.29, 1.82) is 0 Å². The summed E-state index contributed by atoms with van der Waals surface area (Å²) >= 11 is 11.8. The Kier molecular flexibility index (Phi) is 6.05. The first-order valence-corrected chi connectivity index (χ1v) is 7.16. The molecular weight excluding hydrogens is 295 g/mol. The van der Waals surface area contributed by atoms with Crippen molar-refractivity contribution in [2.75, 3.05) is 18.4 Å². The molecule has 0 unspecified atom stereocenters. The molecule has 2 heterocycles. The quantitative estimate of drug-likeness (QED) is 0.770. The molecule has 2 rings (SSSR count). The Labute approximate surface area is 128 Å². The molecule has 2 aromatic heterocycles. The Morgan fingerprint density at radius 3 is 2.80 bits per heavy atom. The smallest absolute Gasteiger partial charge is 0.144 e. The summed E-state index contributed by atoms with van der Waals surface area (Å²) in [5.74, 6) is 0.670. The second kappa shape index (κ2) is 8.04. The fourth-order valence-electron chi connectivity index (χ4n) is 1.70. The van der Waals surface area contributed by atoms with Gasteiger partial charge in [0.15, 0.2) is 0 Å². The molecule has 0 saturated carbocycles. The van der Waals surface area contributed by atoms with Crippen LogP contribution in [0.5, 0.6) is 0 Å². The summed E-state index contributed by atoms with van der Waals surface area (Å²) in [5, 5.41) is 7.62. The minimum absolute atomic E-state index is 0.540. The number of hydrogen-bond acceptors (Lipinski definition) is 4. The summed E-state index contributed by atoms with van der Waals surface area (Å²) in [6.45, 7) is 2.54. The fraction of sp³-hybridized carbons (Fsp3) is 0.286. The molecule has 0 saturated heterocycles. The van der Waals surface area contributed by atoms with Crippen molar-refractivity contribution in [3.05, 3.63) is 52.4 Å². The van der Waals surface area contributed by atoms with Crippen LogP contribution in [0, 0.1) is 0 Å². The molecular formula is C14H16Cl2N4. The molecule has 0 atom stereocenters. The molecule has 0 fully saturated rings. The minimum atomic E-state index is 0.540. The topological polar surface area (TPSA) is 49.8 Å². The van der Waals surface area contributed by atoms with Crippen LogP contribution in [0.25, 0.3) is 0 Å². The van der Waals surface area contributed by atoms with Gasteiger partial charge in [0.2, 0.25) is 0 Å². The number of nitrogens with one attached hydrogen (secondary N) is 2. The van der Waals surface area contributed by atoms with Crippen LogP contribution >= 0.6 is 23.2 Å². The maximum atomic E-state index is 6.02. The van der Waals surface area contributed by atoms with E-state index in [2.05, 4.69) is 26.7 Å². The van der Waals surface area contributed by atoms with Gasteiger partial charge in [0.05, 0.1) is 10.0 Å². The first-order chi connectivity index (χ1) is 9.75. The molecule has 2 N–H and O–H groups in total. The normalized spacial score (nSPS) is 10.5. The summed E-state index contributed by atoms with van der Waals surface area (Å²) in [6, 6.07) is 5.67. The molecule has 0 aliphatic carbocycles. The van der Waals surface area contributed by atoms with Gasteiger partial charge in [0, 0.05) is 31.7 Å². The molecule has 4 nitrogen and oxygen atoms in total. The molecule has 0 aromatic carbocycles. The minimum Gasteiger partial charge on any atom is -0.369 e. The number of halogens is 2. The van der Waals surface area contributed by atoms with Crippen LogP contribution in [0.15, 0.2) is 36.8 Å². The average Bonchev–Trinajstić information content (AvgIpc) is 2.46. The van der Waals surface area contributed by atoms with Gasteiger partial charge in [-0.05, 0) is 30.7 Å². The number of anilines is 1. The summed E-state index contributed by atoms with van der Waals surface area (Å²) in [5.41, 5.74) is 1.18. The van der Waals surface area contributed by atoms with Gasteiger partial charge in [-0.15, -0.1) is 0 Å². The Hall–Kier alpha value is -1.36. The highest BCUT2D eigenvalue weighted by molar-refractivity contribution is 6.35. The maximum absolute atomic E-state index is 6.02. The van der Waals surface area contributed by atoms with Gasteiger partial charge in [-0.2, -0.15) is 0 Å². The van der Waals surface area contributed by atoms with Crippen molar-refractivity contribution in [2.45, 2.75) is 13.0 Å². The number of pyridine rings is 2. The lowest BCUT2D eigenvalue weighted by molar-refractivity contribution is 0.661. The lowest BCUT2D eigenvalue weighted by Gasteiger charge is -2.08. The van der Waals surface area contributed by atoms with Crippen LogP contribution in [0.1, 0.15) is 12.0 Å².